The van der Waals surface area contributed by atoms with E-state index in [0.717, 1.165) is 25.1 Å². The third kappa shape index (κ3) is 7.17. The molecule has 0 bridgehead atoms. The maximum Gasteiger partial charge on any atom is 0.230 e. The van der Waals surface area contributed by atoms with Crippen molar-refractivity contribution < 1.29 is 18.7 Å². The summed E-state index contributed by atoms with van der Waals surface area (Å²) in [4.78, 5) is 32.3. The fraction of sp³-hybridized carbons (Fsp3) is 0.355. The van der Waals surface area contributed by atoms with Gasteiger partial charge < -0.3 is 30.0 Å². The summed E-state index contributed by atoms with van der Waals surface area (Å²) in [5.74, 6) is 0.430. The number of anilines is 1. The summed E-state index contributed by atoms with van der Waals surface area (Å²) in [6.45, 7) is 4.20. The van der Waals surface area contributed by atoms with E-state index in [1.165, 1.54) is 12.1 Å². The molecule has 0 aliphatic carbocycles. The van der Waals surface area contributed by atoms with Crippen LogP contribution in [0.3, 0.4) is 0 Å². The third-order valence-electron chi connectivity index (χ3n) is 6.99. The molecule has 3 N–H and O–H groups in total. The summed E-state index contributed by atoms with van der Waals surface area (Å²) in [7, 11) is 4.07. The minimum atomic E-state index is -0.861. The van der Waals surface area contributed by atoms with Crippen LogP contribution in [0, 0.1) is 11.2 Å². The highest BCUT2D eigenvalue weighted by Gasteiger charge is 2.40. The first kappa shape index (κ1) is 29.3. The van der Waals surface area contributed by atoms with E-state index >= 15 is 0 Å². The van der Waals surface area contributed by atoms with Gasteiger partial charge in [0, 0.05) is 24.8 Å². The number of imidazole rings is 1. The van der Waals surface area contributed by atoms with Gasteiger partial charge in [-0.05, 0) is 69.9 Å². The lowest BCUT2D eigenvalue weighted by Gasteiger charge is -2.35. The van der Waals surface area contributed by atoms with Gasteiger partial charge in [0.2, 0.25) is 18.1 Å². The van der Waals surface area contributed by atoms with Gasteiger partial charge >= 0.3 is 0 Å². The second kappa shape index (κ2) is 13.2. The molecule has 0 radical (unpaired) electrons. The molecule has 5 rings (SSSR count). The Balaban J connectivity index is 1.32. The molecule has 1 aliphatic rings. The van der Waals surface area contributed by atoms with Gasteiger partial charge in [0.15, 0.2) is 5.82 Å². The number of amides is 1. The van der Waals surface area contributed by atoms with E-state index in [-0.39, 0.29) is 24.9 Å². The Kier molecular flexibility index (Phi) is 9.21. The number of halogens is 1. The van der Waals surface area contributed by atoms with Crippen LogP contribution >= 0.6 is 0 Å². The highest BCUT2D eigenvalue weighted by Crippen LogP contribution is 2.35. The Hall–Kier alpha value is -4.19. The van der Waals surface area contributed by atoms with Crippen LogP contribution in [0.1, 0.15) is 31.0 Å². The molecule has 220 valence electrons. The van der Waals surface area contributed by atoms with Crippen molar-refractivity contribution in [1.82, 2.24) is 30.2 Å². The van der Waals surface area contributed by atoms with Crippen LogP contribution in [0.4, 0.5) is 10.3 Å². The zero-order valence-corrected chi connectivity index (χ0v) is 24.1. The number of benzene rings is 2. The van der Waals surface area contributed by atoms with Crippen LogP contribution < -0.4 is 10.6 Å². The van der Waals surface area contributed by atoms with Crippen molar-refractivity contribution in [3.05, 3.63) is 84.1 Å². The van der Waals surface area contributed by atoms with Crippen molar-refractivity contribution in [2.24, 2.45) is 5.41 Å². The number of ether oxygens (including phenoxy) is 2. The molecule has 0 unspecified atom stereocenters. The number of aromatic nitrogens is 4. The zero-order valence-electron chi connectivity index (χ0n) is 24.1. The molecule has 4 aromatic rings. The minimum absolute atomic E-state index is 0.148. The number of H-pyrrole nitrogens is 1. The van der Waals surface area contributed by atoms with Crippen LogP contribution in [0.25, 0.3) is 22.6 Å². The molecule has 0 saturated carbocycles. The number of nitrogens with one attached hydrogen (secondary N) is 3. The van der Waals surface area contributed by atoms with E-state index in [0.29, 0.717) is 41.0 Å². The number of rotatable bonds is 11. The Morgan fingerprint density at radius 1 is 1.07 bits per heavy atom. The maximum atomic E-state index is 13.7. The smallest absolute Gasteiger partial charge is 0.230 e. The molecule has 1 amide bonds. The summed E-state index contributed by atoms with van der Waals surface area (Å²) >= 11 is 0. The summed E-state index contributed by atoms with van der Waals surface area (Å²) in [6, 6.07) is 17.6. The van der Waals surface area contributed by atoms with E-state index < -0.39 is 11.7 Å². The fourth-order valence-corrected chi connectivity index (χ4v) is 4.57. The standard InChI is InChI=1S/C31H36FN7O3/c1-31(29(40)35-18-21-8-5-4-6-9-21)19-41-28(42-20-31)27-37-25(22-10-12-23(32)13-11-22)26(38-27)24-14-16-34-30(36-24)33-15-7-17-39(2)3/h4-6,8-14,16,28H,7,15,17-20H2,1-3H3,(H,35,40)(H,37,38)(H,33,34,36). The van der Waals surface area contributed by atoms with E-state index in [1.54, 1.807) is 24.4 Å². The highest BCUT2D eigenvalue weighted by atomic mass is 19.1. The Bertz CT molecular complexity index is 1470. The van der Waals surface area contributed by atoms with Gasteiger partial charge in [-0.1, -0.05) is 30.3 Å². The predicted molar refractivity (Wildman–Crippen MR) is 158 cm³/mol. The van der Waals surface area contributed by atoms with Gasteiger partial charge in [-0.3, -0.25) is 4.79 Å². The van der Waals surface area contributed by atoms with E-state index in [9.17, 15) is 9.18 Å². The van der Waals surface area contributed by atoms with E-state index in [1.807, 2.05) is 51.4 Å². The Morgan fingerprint density at radius 3 is 2.52 bits per heavy atom. The van der Waals surface area contributed by atoms with Crippen molar-refractivity contribution in [2.45, 2.75) is 26.2 Å². The second-order valence-electron chi connectivity index (χ2n) is 10.9. The van der Waals surface area contributed by atoms with Crippen molar-refractivity contribution in [3.8, 4) is 22.6 Å². The first-order valence-corrected chi connectivity index (χ1v) is 13.9. The average molecular weight is 574 g/mol. The van der Waals surface area contributed by atoms with Crippen molar-refractivity contribution in [3.63, 3.8) is 0 Å². The number of nitrogens with zero attached hydrogens (tertiary/aromatic N) is 4. The first-order valence-electron chi connectivity index (χ1n) is 13.9. The molecule has 42 heavy (non-hydrogen) atoms. The van der Waals surface area contributed by atoms with Crippen LogP contribution in [0.2, 0.25) is 0 Å². The number of hydrogen-bond acceptors (Lipinski definition) is 8. The molecule has 0 atom stereocenters. The molecule has 11 heteroatoms. The molecule has 2 aromatic carbocycles. The monoisotopic (exact) mass is 573 g/mol. The van der Waals surface area contributed by atoms with Gasteiger partial charge in [-0.25, -0.2) is 19.3 Å². The lowest BCUT2D eigenvalue weighted by atomic mass is 9.91. The topological polar surface area (TPSA) is 117 Å². The molecular weight excluding hydrogens is 537 g/mol. The normalized spacial score (nSPS) is 18.6. The average Bonchev–Trinajstić information content (AvgIpc) is 3.45. The lowest BCUT2D eigenvalue weighted by molar-refractivity contribution is -0.231. The lowest BCUT2D eigenvalue weighted by Crippen LogP contribution is -2.48. The van der Waals surface area contributed by atoms with Gasteiger partial charge in [0.1, 0.15) is 5.82 Å². The minimum Gasteiger partial charge on any atom is -0.354 e. The maximum absolute atomic E-state index is 13.7. The zero-order chi connectivity index (χ0) is 29.5. The first-order chi connectivity index (χ1) is 20.3. The quantitative estimate of drug-likeness (QED) is 0.226. The van der Waals surface area contributed by atoms with E-state index in [2.05, 4.69) is 25.5 Å². The predicted octanol–water partition coefficient (Wildman–Crippen LogP) is 4.40. The summed E-state index contributed by atoms with van der Waals surface area (Å²) in [6.07, 6.45) is 1.80. The molecule has 1 aliphatic heterocycles. The van der Waals surface area contributed by atoms with Crippen LogP contribution in [0.5, 0.6) is 0 Å². The molecular formula is C31H36FN7O3. The van der Waals surface area contributed by atoms with Gasteiger partial charge in [0.05, 0.1) is 35.7 Å². The molecule has 2 aromatic heterocycles. The fourth-order valence-electron chi connectivity index (χ4n) is 4.57. The summed E-state index contributed by atoms with van der Waals surface area (Å²) < 4.78 is 25.8. The van der Waals surface area contributed by atoms with Crippen molar-refractivity contribution in [1.29, 1.82) is 0 Å². The van der Waals surface area contributed by atoms with Crippen molar-refractivity contribution in [2.75, 3.05) is 45.7 Å². The number of carbonyl (C=O) groups excluding carboxylic acids is 1. The molecule has 0 spiro atoms. The molecule has 10 nitrogen and oxygen atoms in total. The number of hydrogen-bond donors (Lipinski definition) is 3. The largest absolute Gasteiger partial charge is 0.354 e. The van der Waals surface area contributed by atoms with E-state index in [4.69, 9.17) is 19.4 Å². The van der Waals surface area contributed by atoms with Crippen LogP contribution in [-0.2, 0) is 20.8 Å². The highest BCUT2D eigenvalue weighted by molar-refractivity contribution is 5.82. The summed E-state index contributed by atoms with van der Waals surface area (Å²) in [5, 5.41) is 6.25. The summed E-state index contributed by atoms with van der Waals surface area (Å²) in [5.41, 5.74) is 2.66. The van der Waals surface area contributed by atoms with Gasteiger partial charge in [-0.2, -0.15) is 0 Å². The SMILES string of the molecule is CN(C)CCCNc1nccc(-c2[nH]c(C3OCC(C)(C(=O)NCc4ccccc4)CO3)nc2-c2ccc(F)cc2)n1. The van der Waals surface area contributed by atoms with Gasteiger partial charge in [-0.15, -0.1) is 0 Å². The van der Waals surface area contributed by atoms with Crippen LogP contribution in [-0.4, -0.2) is 71.1 Å². The number of carbonyl (C=O) groups is 1. The Morgan fingerprint density at radius 2 is 1.81 bits per heavy atom. The van der Waals surface area contributed by atoms with Crippen molar-refractivity contribution >= 4 is 11.9 Å². The van der Waals surface area contributed by atoms with Gasteiger partial charge in [0.25, 0.3) is 0 Å². The second-order valence-corrected chi connectivity index (χ2v) is 10.9. The third-order valence-corrected chi connectivity index (χ3v) is 6.99. The van der Waals surface area contributed by atoms with Crippen LogP contribution in [0.15, 0.2) is 66.9 Å². The molecule has 1 saturated heterocycles. The Labute approximate surface area is 244 Å². The number of aromatic amines is 1. The molecule has 3 heterocycles. The molecule has 1 fully saturated rings.